The van der Waals surface area contributed by atoms with Gasteiger partial charge in [0.15, 0.2) is 0 Å². The van der Waals surface area contributed by atoms with E-state index >= 15 is 0 Å². The Labute approximate surface area is 156 Å². The molecule has 0 atom stereocenters. The topological polar surface area (TPSA) is 93.1 Å². The molecule has 0 spiro atoms. The molecule has 1 aromatic carbocycles. The fraction of sp³-hybridized carbons (Fsp3) is 0.375. The molecule has 0 saturated carbocycles. The highest BCUT2D eigenvalue weighted by Crippen LogP contribution is 2.15. The zero-order chi connectivity index (χ0) is 18.3. The lowest BCUT2D eigenvalue weighted by molar-refractivity contribution is -0.120. The molecule has 2 N–H and O–H groups in total. The number of nitrogens with zero attached hydrogens (tertiary/aromatic N) is 2. The number of rotatable bonds is 9. The van der Waals surface area contributed by atoms with Crippen molar-refractivity contribution in [3.8, 4) is 0 Å². The number of aryl methyl sites for hydroxylation is 2. The van der Waals surface area contributed by atoms with Crippen LogP contribution in [0.1, 0.15) is 18.7 Å². The van der Waals surface area contributed by atoms with E-state index in [4.69, 9.17) is 0 Å². The number of carbonyl (C=O) groups is 1. The largest absolute Gasteiger partial charge is 0.356 e. The third kappa shape index (κ3) is 6.26. The molecule has 0 bridgehead atoms. The van der Waals surface area contributed by atoms with Gasteiger partial charge in [-0.05, 0) is 31.5 Å². The van der Waals surface area contributed by atoms with Crippen LogP contribution in [0, 0.1) is 6.92 Å². The summed E-state index contributed by atoms with van der Waals surface area (Å²) in [5.74, 6) is 0.757. The van der Waals surface area contributed by atoms with E-state index in [1.165, 1.54) is 12.1 Å². The molecule has 25 heavy (non-hydrogen) atoms. The van der Waals surface area contributed by atoms with E-state index in [2.05, 4.69) is 31.0 Å². The van der Waals surface area contributed by atoms with Crippen LogP contribution in [0.5, 0.6) is 0 Å². The molecule has 0 saturated heterocycles. The number of benzene rings is 1. The number of halogens is 1. The van der Waals surface area contributed by atoms with Crippen LogP contribution in [-0.4, -0.2) is 37.0 Å². The Bertz CT molecular complexity index is 820. The molecule has 0 aliphatic carbocycles. The number of hydrogen-bond acceptors (Lipinski definition) is 4. The maximum atomic E-state index is 12.1. The minimum atomic E-state index is -3.61. The lowest BCUT2D eigenvalue weighted by atomic mass is 10.3. The van der Waals surface area contributed by atoms with E-state index in [1.54, 1.807) is 18.3 Å². The van der Waals surface area contributed by atoms with Gasteiger partial charge in [-0.25, -0.2) is 18.1 Å². The summed E-state index contributed by atoms with van der Waals surface area (Å²) in [5.41, 5.74) is 0. The molecule has 1 amide bonds. The third-order valence-electron chi connectivity index (χ3n) is 3.57. The second-order valence-electron chi connectivity index (χ2n) is 5.48. The van der Waals surface area contributed by atoms with Crippen molar-refractivity contribution in [2.24, 2.45) is 0 Å². The maximum absolute atomic E-state index is 12.1. The Morgan fingerprint density at radius 2 is 2.12 bits per heavy atom. The summed E-state index contributed by atoms with van der Waals surface area (Å²) in [6.07, 6.45) is 4.52. The first-order valence-corrected chi connectivity index (χ1v) is 10.2. The Morgan fingerprint density at radius 3 is 2.80 bits per heavy atom. The van der Waals surface area contributed by atoms with E-state index in [1.807, 2.05) is 17.7 Å². The quantitative estimate of drug-likeness (QED) is 0.595. The first kappa shape index (κ1) is 19.6. The van der Waals surface area contributed by atoms with Crippen LogP contribution >= 0.6 is 15.9 Å². The van der Waals surface area contributed by atoms with Crippen LogP contribution in [0.2, 0.25) is 0 Å². The minimum absolute atomic E-state index is 0.0569. The number of imidazole rings is 1. The summed E-state index contributed by atoms with van der Waals surface area (Å²) in [7, 11) is -3.61. The summed E-state index contributed by atoms with van der Waals surface area (Å²) in [6.45, 7) is 3.30. The van der Waals surface area contributed by atoms with Crippen LogP contribution in [0.3, 0.4) is 0 Å². The molecule has 9 heteroatoms. The zero-order valence-corrected chi connectivity index (χ0v) is 16.3. The van der Waals surface area contributed by atoms with Crippen LogP contribution in [-0.2, 0) is 21.4 Å². The highest BCUT2D eigenvalue weighted by atomic mass is 79.9. The predicted octanol–water partition coefficient (Wildman–Crippen LogP) is 1.83. The van der Waals surface area contributed by atoms with Crippen LogP contribution < -0.4 is 10.0 Å². The van der Waals surface area contributed by atoms with Crippen molar-refractivity contribution < 1.29 is 13.2 Å². The Morgan fingerprint density at radius 1 is 1.32 bits per heavy atom. The first-order chi connectivity index (χ1) is 11.9. The van der Waals surface area contributed by atoms with Gasteiger partial charge >= 0.3 is 0 Å². The molecule has 1 aromatic heterocycles. The number of amides is 1. The van der Waals surface area contributed by atoms with Gasteiger partial charge in [-0.1, -0.05) is 22.0 Å². The molecular formula is C16H21BrN4O3S. The van der Waals surface area contributed by atoms with Gasteiger partial charge in [0.1, 0.15) is 5.82 Å². The third-order valence-corrected chi connectivity index (χ3v) is 5.52. The van der Waals surface area contributed by atoms with Gasteiger partial charge in [-0.15, -0.1) is 0 Å². The van der Waals surface area contributed by atoms with Crippen molar-refractivity contribution in [3.63, 3.8) is 0 Å². The highest BCUT2D eigenvalue weighted by Gasteiger charge is 2.14. The van der Waals surface area contributed by atoms with Crippen LogP contribution in [0.25, 0.3) is 0 Å². The molecule has 136 valence electrons. The average Bonchev–Trinajstić information content (AvgIpc) is 2.96. The van der Waals surface area contributed by atoms with E-state index in [9.17, 15) is 13.2 Å². The Balaban J connectivity index is 1.67. The number of sulfonamides is 1. The number of aromatic nitrogens is 2. The SMILES string of the molecule is Cc1nccn1CCCNC(=O)CCNS(=O)(=O)c1cccc(Br)c1. The van der Waals surface area contributed by atoms with Crippen LogP contribution in [0.4, 0.5) is 0 Å². The van der Waals surface area contributed by atoms with Gasteiger partial charge in [-0.2, -0.15) is 0 Å². The van der Waals surface area contributed by atoms with Gasteiger partial charge < -0.3 is 9.88 Å². The molecule has 0 aliphatic heterocycles. The fourth-order valence-electron chi connectivity index (χ4n) is 2.22. The van der Waals surface area contributed by atoms with Crippen LogP contribution in [0.15, 0.2) is 46.0 Å². The number of hydrogen-bond donors (Lipinski definition) is 2. The lowest BCUT2D eigenvalue weighted by Gasteiger charge is -2.08. The summed E-state index contributed by atoms with van der Waals surface area (Å²) in [6, 6.07) is 6.41. The van der Waals surface area contributed by atoms with Crippen molar-refractivity contribution >= 4 is 31.9 Å². The summed E-state index contributed by atoms with van der Waals surface area (Å²) in [5, 5.41) is 2.78. The van der Waals surface area contributed by atoms with Gasteiger partial charge in [0.2, 0.25) is 15.9 Å². The molecule has 2 aromatic rings. The van der Waals surface area contributed by atoms with Crippen molar-refractivity contribution in [1.29, 1.82) is 0 Å². The average molecular weight is 429 g/mol. The molecule has 0 radical (unpaired) electrons. The van der Waals surface area contributed by atoms with Crippen molar-refractivity contribution in [2.75, 3.05) is 13.1 Å². The van der Waals surface area contributed by atoms with Gasteiger partial charge in [0.25, 0.3) is 0 Å². The standard InChI is InChI=1S/C16H21BrN4O3S/c1-13-18-9-11-21(13)10-3-7-19-16(22)6-8-20-25(23,24)15-5-2-4-14(17)12-15/h2,4-5,9,11-12,20H,3,6-8,10H2,1H3,(H,19,22). The van der Waals surface area contributed by atoms with E-state index < -0.39 is 10.0 Å². The number of carbonyl (C=O) groups excluding carboxylic acids is 1. The van der Waals surface area contributed by atoms with Crippen molar-refractivity contribution in [3.05, 3.63) is 47.0 Å². The lowest BCUT2D eigenvalue weighted by Crippen LogP contribution is -2.31. The summed E-state index contributed by atoms with van der Waals surface area (Å²) >= 11 is 3.24. The van der Waals surface area contributed by atoms with Crippen molar-refractivity contribution in [1.82, 2.24) is 19.6 Å². The Kier molecular flexibility index (Phi) is 7.15. The normalized spacial score (nSPS) is 11.4. The zero-order valence-electron chi connectivity index (χ0n) is 13.9. The van der Waals surface area contributed by atoms with Gasteiger partial charge in [0, 0.05) is 42.9 Å². The molecule has 7 nitrogen and oxygen atoms in total. The predicted molar refractivity (Wildman–Crippen MR) is 98.5 cm³/mol. The first-order valence-electron chi connectivity index (χ1n) is 7.88. The molecule has 0 unspecified atom stereocenters. The second-order valence-corrected chi connectivity index (χ2v) is 8.16. The van der Waals surface area contributed by atoms with Gasteiger partial charge in [0.05, 0.1) is 4.90 Å². The number of nitrogens with one attached hydrogen (secondary N) is 2. The fourth-order valence-corrected chi connectivity index (χ4v) is 3.85. The molecule has 0 aliphatic rings. The summed E-state index contributed by atoms with van der Waals surface area (Å²) in [4.78, 5) is 16.1. The molecule has 1 heterocycles. The van der Waals surface area contributed by atoms with E-state index in [0.717, 1.165) is 18.8 Å². The van der Waals surface area contributed by atoms with Crippen molar-refractivity contribution in [2.45, 2.75) is 31.2 Å². The van der Waals surface area contributed by atoms with E-state index in [0.29, 0.717) is 11.0 Å². The Hall–Kier alpha value is -1.71. The molecule has 0 fully saturated rings. The summed E-state index contributed by atoms with van der Waals surface area (Å²) < 4.78 is 29.4. The monoisotopic (exact) mass is 428 g/mol. The second kappa shape index (κ2) is 9.12. The smallest absolute Gasteiger partial charge is 0.240 e. The van der Waals surface area contributed by atoms with Gasteiger partial charge in [-0.3, -0.25) is 4.79 Å². The van der Waals surface area contributed by atoms with E-state index in [-0.39, 0.29) is 23.8 Å². The maximum Gasteiger partial charge on any atom is 0.240 e. The minimum Gasteiger partial charge on any atom is -0.356 e. The molecule has 2 rings (SSSR count). The highest BCUT2D eigenvalue weighted by molar-refractivity contribution is 9.10. The molecular weight excluding hydrogens is 408 g/mol.